The van der Waals surface area contributed by atoms with E-state index in [1.807, 2.05) is 0 Å². The first-order chi connectivity index (χ1) is 17.6. The molecule has 0 saturated carbocycles. The molecule has 0 aliphatic carbocycles. The van der Waals surface area contributed by atoms with Crippen LogP contribution in [0.4, 0.5) is 24.7 Å². The zero-order valence-corrected chi connectivity index (χ0v) is 20.6. The van der Waals surface area contributed by atoms with Gasteiger partial charge in [0.25, 0.3) is 12.3 Å². The van der Waals surface area contributed by atoms with Crippen LogP contribution in [0.25, 0.3) is 16.8 Å². The summed E-state index contributed by atoms with van der Waals surface area (Å²) in [4.78, 5) is 23.3. The fraction of sp³-hybridized carbons (Fsp3) is 0.360. The van der Waals surface area contributed by atoms with Gasteiger partial charge in [0.05, 0.1) is 30.6 Å². The summed E-state index contributed by atoms with van der Waals surface area (Å²) in [6, 6.07) is 3.17. The molecule has 0 radical (unpaired) electrons. The topological polar surface area (TPSA) is 89.6 Å². The summed E-state index contributed by atoms with van der Waals surface area (Å²) in [5, 5.41) is 6.49. The normalized spacial score (nSPS) is 14.5. The molecule has 5 rings (SSSR count). The number of imidazole rings is 1. The lowest BCUT2D eigenvalue weighted by molar-refractivity contribution is 0.102. The Bertz CT molecular complexity index is 1450. The molecule has 1 saturated heterocycles. The standard InChI is InChI=1S/C25H26F3N7O2/c1-25(2,3)35-22(28)18(13-31-35)24(36)32-20-11-16(17(12-30-20)21(26)27)15-10-19(33-6-8-37-9-7-33)23-29-4-5-34(23)14-15/h4-5,10-14,21H,6-9H2,1-3H3,(H,30,32,36). The van der Waals surface area contributed by atoms with Gasteiger partial charge in [0, 0.05) is 49.0 Å². The molecule has 4 aromatic rings. The van der Waals surface area contributed by atoms with Crippen LogP contribution in [-0.2, 0) is 10.3 Å². The number of amides is 1. The first kappa shape index (κ1) is 24.8. The molecule has 37 heavy (non-hydrogen) atoms. The average molecular weight is 514 g/mol. The Labute approximate surface area is 210 Å². The van der Waals surface area contributed by atoms with E-state index in [0.717, 1.165) is 22.8 Å². The molecule has 0 aromatic carbocycles. The molecule has 0 unspecified atom stereocenters. The summed E-state index contributed by atoms with van der Waals surface area (Å²) in [6.07, 6.45) is 4.43. The van der Waals surface area contributed by atoms with Crippen molar-refractivity contribution >= 4 is 23.1 Å². The lowest BCUT2D eigenvalue weighted by Crippen LogP contribution is -2.36. The van der Waals surface area contributed by atoms with Crippen LogP contribution in [0.1, 0.15) is 43.1 Å². The minimum Gasteiger partial charge on any atom is -0.378 e. The van der Waals surface area contributed by atoms with Gasteiger partial charge in [-0.25, -0.2) is 23.4 Å². The highest BCUT2D eigenvalue weighted by atomic mass is 19.3. The van der Waals surface area contributed by atoms with E-state index in [1.54, 1.807) is 49.8 Å². The Balaban J connectivity index is 1.54. The van der Waals surface area contributed by atoms with Crippen LogP contribution in [0.2, 0.25) is 0 Å². The van der Waals surface area contributed by atoms with Gasteiger partial charge in [-0.1, -0.05) is 0 Å². The van der Waals surface area contributed by atoms with E-state index >= 15 is 0 Å². The van der Waals surface area contributed by atoms with Gasteiger partial charge in [0.2, 0.25) is 5.95 Å². The summed E-state index contributed by atoms with van der Waals surface area (Å²) in [7, 11) is 0. The predicted octanol–water partition coefficient (Wildman–Crippen LogP) is 4.51. The Morgan fingerprint density at radius 2 is 1.89 bits per heavy atom. The number of carbonyl (C=O) groups is 1. The first-order valence-corrected chi connectivity index (χ1v) is 11.8. The molecule has 12 heteroatoms. The van der Waals surface area contributed by atoms with Gasteiger partial charge in [-0.2, -0.15) is 9.49 Å². The number of rotatable bonds is 5. The highest BCUT2D eigenvalue weighted by Gasteiger charge is 2.26. The molecule has 5 heterocycles. The van der Waals surface area contributed by atoms with Crippen molar-refractivity contribution in [1.29, 1.82) is 0 Å². The van der Waals surface area contributed by atoms with E-state index in [1.165, 1.54) is 6.07 Å². The number of morpholine rings is 1. The molecule has 4 aromatic heterocycles. The van der Waals surface area contributed by atoms with Crippen LogP contribution >= 0.6 is 0 Å². The van der Waals surface area contributed by atoms with Gasteiger partial charge in [-0.05, 0) is 38.5 Å². The molecule has 194 valence electrons. The predicted molar refractivity (Wildman–Crippen MR) is 132 cm³/mol. The van der Waals surface area contributed by atoms with Crippen molar-refractivity contribution in [2.24, 2.45) is 0 Å². The number of anilines is 2. The number of fused-ring (bicyclic) bond motifs is 1. The molecule has 1 aliphatic rings. The van der Waals surface area contributed by atoms with E-state index in [0.29, 0.717) is 37.5 Å². The van der Waals surface area contributed by atoms with E-state index in [2.05, 4.69) is 25.3 Å². The highest BCUT2D eigenvalue weighted by Crippen LogP contribution is 2.35. The molecule has 1 fully saturated rings. The van der Waals surface area contributed by atoms with E-state index in [-0.39, 0.29) is 22.5 Å². The van der Waals surface area contributed by atoms with Crippen molar-refractivity contribution in [2.45, 2.75) is 32.7 Å². The van der Waals surface area contributed by atoms with E-state index in [9.17, 15) is 18.0 Å². The summed E-state index contributed by atoms with van der Waals surface area (Å²) in [5.41, 5.74) is 0.922. The number of hydrogen-bond donors (Lipinski definition) is 1. The number of halogens is 3. The molecule has 0 bridgehead atoms. The SMILES string of the molecule is CC(C)(C)n1ncc(C(=O)Nc2cc(-c3cc(N4CCOCC4)c4nccn4c3)c(C(F)F)cn2)c1F. The lowest BCUT2D eigenvalue weighted by Gasteiger charge is -2.29. The largest absolute Gasteiger partial charge is 0.378 e. The lowest BCUT2D eigenvalue weighted by atomic mass is 10.0. The Hall–Kier alpha value is -3.93. The maximum atomic E-state index is 14.8. The number of aromatic nitrogens is 5. The second-order valence-electron chi connectivity index (χ2n) is 9.71. The summed E-state index contributed by atoms with van der Waals surface area (Å²) >= 11 is 0. The van der Waals surface area contributed by atoms with Crippen LogP contribution in [0.3, 0.4) is 0 Å². The van der Waals surface area contributed by atoms with Gasteiger partial charge < -0.3 is 19.4 Å². The van der Waals surface area contributed by atoms with Crippen molar-refractivity contribution in [1.82, 2.24) is 24.1 Å². The van der Waals surface area contributed by atoms with Crippen molar-refractivity contribution in [2.75, 3.05) is 36.5 Å². The molecule has 1 N–H and O–H groups in total. The number of nitrogens with zero attached hydrogens (tertiary/aromatic N) is 6. The smallest absolute Gasteiger partial charge is 0.265 e. The van der Waals surface area contributed by atoms with Crippen molar-refractivity contribution in [3.63, 3.8) is 0 Å². The van der Waals surface area contributed by atoms with Crippen LogP contribution in [0.5, 0.6) is 0 Å². The van der Waals surface area contributed by atoms with Gasteiger partial charge in [0.1, 0.15) is 11.4 Å². The molecular formula is C25H26F3N7O2. The molecule has 9 nitrogen and oxygen atoms in total. The number of hydrogen-bond acceptors (Lipinski definition) is 6. The van der Waals surface area contributed by atoms with E-state index < -0.39 is 23.8 Å². The third-order valence-corrected chi connectivity index (χ3v) is 6.13. The number of ether oxygens (including phenoxy) is 1. The second kappa shape index (κ2) is 9.51. The third-order valence-electron chi connectivity index (χ3n) is 6.13. The summed E-state index contributed by atoms with van der Waals surface area (Å²) < 4.78 is 51.2. The molecule has 0 atom stereocenters. The van der Waals surface area contributed by atoms with Crippen molar-refractivity contribution < 1.29 is 22.7 Å². The van der Waals surface area contributed by atoms with Gasteiger partial charge in [0.15, 0.2) is 5.65 Å². The Morgan fingerprint density at radius 1 is 1.14 bits per heavy atom. The van der Waals surface area contributed by atoms with Crippen molar-refractivity contribution in [3.05, 3.63) is 60.2 Å². The number of carbonyl (C=O) groups excluding carboxylic acids is 1. The van der Waals surface area contributed by atoms with Crippen LogP contribution < -0.4 is 10.2 Å². The average Bonchev–Trinajstić information content (AvgIpc) is 3.50. The minimum atomic E-state index is -2.81. The van der Waals surface area contributed by atoms with Gasteiger partial charge in [-0.3, -0.25) is 4.79 Å². The van der Waals surface area contributed by atoms with Crippen LogP contribution in [0.15, 0.2) is 43.1 Å². The fourth-order valence-corrected chi connectivity index (χ4v) is 4.29. The Kier molecular flexibility index (Phi) is 6.36. The summed E-state index contributed by atoms with van der Waals surface area (Å²) in [5.74, 6) is -1.57. The minimum absolute atomic E-state index is 0.00552. The first-order valence-electron chi connectivity index (χ1n) is 11.8. The van der Waals surface area contributed by atoms with Gasteiger partial charge in [-0.15, -0.1) is 0 Å². The monoisotopic (exact) mass is 513 g/mol. The number of nitrogens with one attached hydrogen (secondary N) is 1. The maximum absolute atomic E-state index is 14.8. The zero-order valence-electron chi connectivity index (χ0n) is 20.6. The summed E-state index contributed by atoms with van der Waals surface area (Å²) in [6.45, 7) is 7.64. The highest BCUT2D eigenvalue weighted by molar-refractivity contribution is 6.04. The van der Waals surface area contributed by atoms with E-state index in [4.69, 9.17) is 4.74 Å². The van der Waals surface area contributed by atoms with Crippen LogP contribution in [0, 0.1) is 5.95 Å². The van der Waals surface area contributed by atoms with Gasteiger partial charge >= 0.3 is 0 Å². The zero-order chi connectivity index (χ0) is 26.3. The number of pyridine rings is 2. The number of alkyl halides is 2. The Morgan fingerprint density at radius 3 is 2.57 bits per heavy atom. The third kappa shape index (κ3) is 4.76. The fourth-order valence-electron chi connectivity index (χ4n) is 4.29. The van der Waals surface area contributed by atoms with Crippen LogP contribution in [-0.4, -0.2) is 56.4 Å². The second-order valence-corrected chi connectivity index (χ2v) is 9.71. The molecule has 1 aliphatic heterocycles. The molecular weight excluding hydrogens is 487 g/mol. The van der Waals surface area contributed by atoms with Crippen molar-refractivity contribution in [3.8, 4) is 11.1 Å². The molecule has 1 amide bonds. The maximum Gasteiger partial charge on any atom is 0.265 e. The molecule has 0 spiro atoms. The quantitative estimate of drug-likeness (QED) is 0.422.